The summed E-state index contributed by atoms with van der Waals surface area (Å²) in [7, 11) is 0. The van der Waals surface area contributed by atoms with Crippen LogP contribution in [0.3, 0.4) is 0 Å². The highest BCUT2D eigenvalue weighted by molar-refractivity contribution is 9.10. The second-order valence-corrected chi connectivity index (χ2v) is 6.54. The zero-order chi connectivity index (χ0) is 18.0. The van der Waals surface area contributed by atoms with E-state index < -0.39 is 17.5 Å². The summed E-state index contributed by atoms with van der Waals surface area (Å²) in [6, 6.07) is 10.0. The van der Waals surface area contributed by atoms with Crippen LogP contribution in [0, 0.1) is 11.6 Å². The number of nitrogens with zero attached hydrogens (tertiary/aromatic N) is 2. The average Bonchev–Trinajstić information content (AvgIpc) is 2.61. The number of halogens is 3. The Kier molecular flexibility index (Phi) is 5.13. The number of amides is 2. The van der Waals surface area contributed by atoms with Gasteiger partial charge in [0.1, 0.15) is 11.6 Å². The van der Waals surface area contributed by atoms with Crippen LogP contribution in [0.1, 0.15) is 20.7 Å². The van der Waals surface area contributed by atoms with Crippen molar-refractivity contribution in [1.82, 2.24) is 9.80 Å². The summed E-state index contributed by atoms with van der Waals surface area (Å²) in [5.41, 5.74) is 0.402. The van der Waals surface area contributed by atoms with Gasteiger partial charge in [0.25, 0.3) is 11.8 Å². The average molecular weight is 409 g/mol. The van der Waals surface area contributed by atoms with Crippen molar-refractivity contribution in [2.75, 3.05) is 26.2 Å². The molecule has 3 rings (SSSR count). The maximum atomic E-state index is 13.8. The molecule has 0 atom stereocenters. The third-order valence-electron chi connectivity index (χ3n) is 4.12. The fourth-order valence-corrected chi connectivity index (χ4v) is 3.21. The lowest BCUT2D eigenvalue weighted by molar-refractivity contribution is 0.0532. The predicted octanol–water partition coefficient (Wildman–Crippen LogP) is 3.33. The normalized spacial score (nSPS) is 14.5. The maximum Gasteiger partial charge on any atom is 0.256 e. The van der Waals surface area contributed by atoms with Crippen LogP contribution in [0.5, 0.6) is 0 Å². The van der Waals surface area contributed by atoms with Gasteiger partial charge in [-0.05, 0) is 40.2 Å². The molecule has 1 saturated heterocycles. The van der Waals surface area contributed by atoms with Crippen molar-refractivity contribution in [3.8, 4) is 0 Å². The molecular formula is C18H15BrF2N2O2. The fourth-order valence-electron chi connectivity index (χ4n) is 2.75. The van der Waals surface area contributed by atoms with E-state index in [2.05, 4.69) is 15.9 Å². The molecule has 2 aromatic carbocycles. The summed E-state index contributed by atoms with van der Waals surface area (Å²) in [4.78, 5) is 28.1. The smallest absolute Gasteiger partial charge is 0.256 e. The standard InChI is InChI=1S/C18H15BrF2N2O2/c19-15-4-2-1-3-13(15)17(24)22-7-9-23(10-8-22)18(25)14-6-5-12(20)11-16(14)21/h1-6,11H,7-10H2. The highest BCUT2D eigenvalue weighted by Gasteiger charge is 2.27. The molecule has 0 unspecified atom stereocenters. The predicted molar refractivity (Wildman–Crippen MR) is 92.3 cm³/mol. The van der Waals surface area contributed by atoms with Gasteiger partial charge in [0, 0.05) is 36.7 Å². The van der Waals surface area contributed by atoms with Gasteiger partial charge in [-0.1, -0.05) is 12.1 Å². The quantitative estimate of drug-likeness (QED) is 0.764. The van der Waals surface area contributed by atoms with Gasteiger partial charge in [0.2, 0.25) is 0 Å². The van der Waals surface area contributed by atoms with Crippen molar-refractivity contribution in [3.63, 3.8) is 0 Å². The molecule has 0 N–H and O–H groups in total. The van der Waals surface area contributed by atoms with Crippen LogP contribution in [-0.4, -0.2) is 47.8 Å². The lowest BCUT2D eigenvalue weighted by Gasteiger charge is -2.35. The summed E-state index contributed by atoms with van der Waals surface area (Å²) < 4.78 is 27.5. The van der Waals surface area contributed by atoms with Crippen molar-refractivity contribution in [2.45, 2.75) is 0 Å². The Morgan fingerprint density at radius 2 is 1.40 bits per heavy atom. The molecule has 1 aliphatic heterocycles. The van der Waals surface area contributed by atoms with Gasteiger partial charge in [-0.2, -0.15) is 0 Å². The molecule has 0 bridgehead atoms. The van der Waals surface area contributed by atoms with Crippen LogP contribution >= 0.6 is 15.9 Å². The van der Waals surface area contributed by atoms with E-state index in [-0.39, 0.29) is 11.5 Å². The summed E-state index contributed by atoms with van der Waals surface area (Å²) in [6.45, 7) is 1.31. The molecule has 130 valence electrons. The molecular weight excluding hydrogens is 394 g/mol. The number of piperazine rings is 1. The highest BCUT2D eigenvalue weighted by Crippen LogP contribution is 2.19. The number of hydrogen-bond donors (Lipinski definition) is 0. The summed E-state index contributed by atoms with van der Waals surface area (Å²) in [5.74, 6) is -2.22. The van der Waals surface area contributed by atoms with Gasteiger partial charge >= 0.3 is 0 Å². The van der Waals surface area contributed by atoms with Crippen LogP contribution < -0.4 is 0 Å². The molecule has 0 saturated carbocycles. The molecule has 1 fully saturated rings. The Balaban J connectivity index is 1.66. The zero-order valence-electron chi connectivity index (χ0n) is 13.2. The van der Waals surface area contributed by atoms with E-state index in [4.69, 9.17) is 0 Å². The van der Waals surface area contributed by atoms with Gasteiger partial charge in [0.15, 0.2) is 0 Å². The first-order valence-electron chi connectivity index (χ1n) is 7.75. The lowest BCUT2D eigenvalue weighted by Crippen LogP contribution is -2.50. The minimum absolute atomic E-state index is 0.118. The molecule has 1 heterocycles. The molecule has 2 aromatic rings. The van der Waals surface area contributed by atoms with E-state index in [1.165, 1.54) is 4.90 Å². The van der Waals surface area contributed by atoms with Crippen molar-refractivity contribution >= 4 is 27.7 Å². The SMILES string of the molecule is O=C(c1ccc(F)cc1F)N1CCN(C(=O)c2ccccc2Br)CC1. The largest absolute Gasteiger partial charge is 0.335 e. The second-order valence-electron chi connectivity index (χ2n) is 5.69. The van der Waals surface area contributed by atoms with Crippen molar-refractivity contribution in [2.24, 2.45) is 0 Å². The van der Waals surface area contributed by atoms with Crippen molar-refractivity contribution in [1.29, 1.82) is 0 Å². The molecule has 0 aliphatic carbocycles. The number of benzene rings is 2. The Morgan fingerprint density at radius 1 is 0.840 bits per heavy atom. The van der Waals surface area contributed by atoms with E-state index in [9.17, 15) is 18.4 Å². The molecule has 1 aliphatic rings. The van der Waals surface area contributed by atoms with Gasteiger partial charge in [-0.15, -0.1) is 0 Å². The van der Waals surface area contributed by atoms with E-state index in [0.717, 1.165) is 12.1 Å². The van der Waals surface area contributed by atoms with Crippen LogP contribution in [0.25, 0.3) is 0 Å². The molecule has 4 nitrogen and oxygen atoms in total. The second kappa shape index (κ2) is 7.31. The van der Waals surface area contributed by atoms with E-state index in [0.29, 0.717) is 42.3 Å². The van der Waals surface area contributed by atoms with Crippen LogP contribution in [0.4, 0.5) is 8.78 Å². The Hall–Kier alpha value is -2.28. The molecule has 25 heavy (non-hydrogen) atoms. The summed E-state index contributed by atoms with van der Waals surface area (Å²) >= 11 is 3.36. The number of rotatable bonds is 2. The number of hydrogen-bond acceptors (Lipinski definition) is 2. The van der Waals surface area contributed by atoms with E-state index >= 15 is 0 Å². The molecule has 0 spiro atoms. The third kappa shape index (κ3) is 3.71. The van der Waals surface area contributed by atoms with E-state index in [1.54, 1.807) is 23.1 Å². The van der Waals surface area contributed by atoms with Crippen molar-refractivity contribution in [3.05, 3.63) is 69.7 Å². The molecule has 2 amide bonds. The summed E-state index contributed by atoms with van der Waals surface area (Å²) in [5, 5.41) is 0. The van der Waals surface area contributed by atoms with E-state index in [1.807, 2.05) is 6.07 Å². The minimum Gasteiger partial charge on any atom is -0.335 e. The van der Waals surface area contributed by atoms with Crippen molar-refractivity contribution < 1.29 is 18.4 Å². The zero-order valence-corrected chi connectivity index (χ0v) is 14.8. The Morgan fingerprint density at radius 3 is 1.96 bits per heavy atom. The van der Waals surface area contributed by atoms with Gasteiger partial charge < -0.3 is 9.80 Å². The number of carbonyl (C=O) groups excluding carboxylic acids is 2. The molecule has 0 radical (unpaired) electrons. The third-order valence-corrected chi connectivity index (χ3v) is 4.81. The fraction of sp³-hybridized carbons (Fsp3) is 0.222. The monoisotopic (exact) mass is 408 g/mol. The van der Waals surface area contributed by atoms with Gasteiger partial charge in [-0.3, -0.25) is 9.59 Å². The van der Waals surface area contributed by atoms with Crippen LogP contribution in [0.15, 0.2) is 46.9 Å². The highest BCUT2D eigenvalue weighted by atomic mass is 79.9. The first kappa shape index (κ1) is 17.5. The molecule has 0 aromatic heterocycles. The van der Waals surface area contributed by atoms with Crippen LogP contribution in [0.2, 0.25) is 0 Å². The first-order valence-corrected chi connectivity index (χ1v) is 8.55. The first-order chi connectivity index (χ1) is 12.0. The van der Waals surface area contributed by atoms with Gasteiger partial charge in [0.05, 0.1) is 11.1 Å². The summed E-state index contributed by atoms with van der Waals surface area (Å²) in [6.07, 6.45) is 0. The molecule has 7 heteroatoms. The van der Waals surface area contributed by atoms with Crippen LogP contribution in [-0.2, 0) is 0 Å². The van der Waals surface area contributed by atoms with Gasteiger partial charge in [-0.25, -0.2) is 8.78 Å². The maximum absolute atomic E-state index is 13.8. The Labute approximate surface area is 152 Å². The Bertz CT molecular complexity index is 820. The topological polar surface area (TPSA) is 40.6 Å². The number of carbonyl (C=O) groups is 2. The lowest BCUT2D eigenvalue weighted by atomic mass is 10.1. The minimum atomic E-state index is -0.878.